The van der Waals surface area contributed by atoms with Gasteiger partial charge in [-0.3, -0.25) is 0 Å². The van der Waals surface area contributed by atoms with Crippen molar-refractivity contribution in [2.75, 3.05) is 0 Å². The Morgan fingerprint density at radius 1 is 1.11 bits per heavy atom. The molecule has 3 nitrogen and oxygen atoms in total. The lowest BCUT2D eigenvalue weighted by Crippen LogP contribution is -2.16. The summed E-state index contributed by atoms with van der Waals surface area (Å²) in [6, 6.07) is 6.74. The lowest BCUT2D eigenvalue weighted by molar-refractivity contribution is 0.475. The zero-order valence-corrected chi connectivity index (χ0v) is 13.2. The van der Waals surface area contributed by atoms with Crippen LogP contribution in [0.3, 0.4) is 0 Å². The first-order chi connectivity index (χ1) is 8.79. The second-order valence-electron chi connectivity index (χ2n) is 5.30. The summed E-state index contributed by atoms with van der Waals surface area (Å²) >= 11 is 9.60. The van der Waals surface area contributed by atoms with Crippen molar-refractivity contribution in [1.82, 2.24) is 9.97 Å². The molecule has 1 aromatic carbocycles. The molecule has 1 N–H and O–H groups in total. The molecule has 0 saturated carbocycles. The van der Waals surface area contributed by atoms with E-state index < -0.39 is 0 Å². The number of aromatic nitrogens is 2. The topological polar surface area (TPSA) is 46.0 Å². The zero-order chi connectivity index (χ0) is 14.2. The van der Waals surface area contributed by atoms with Crippen molar-refractivity contribution in [3.63, 3.8) is 0 Å². The number of phenolic OH excluding ortho intramolecular Hbond substituents is 1. The maximum atomic E-state index is 9.31. The monoisotopic (exact) mass is 340 g/mol. The fourth-order valence-corrected chi connectivity index (χ4v) is 2.60. The van der Waals surface area contributed by atoms with Gasteiger partial charge in [0.2, 0.25) is 0 Å². The van der Waals surface area contributed by atoms with E-state index in [2.05, 4.69) is 46.7 Å². The standard InChI is InChI=1S/C14H14BrClN2O/c1-14(2,3)11-10(15)12(16)18-13(17-11)8-4-6-9(19)7-5-8/h4-7,19H,1-3H3. The van der Waals surface area contributed by atoms with Gasteiger partial charge in [0.1, 0.15) is 10.9 Å². The summed E-state index contributed by atoms with van der Waals surface area (Å²) in [5, 5.41) is 9.70. The van der Waals surface area contributed by atoms with E-state index in [-0.39, 0.29) is 11.2 Å². The van der Waals surface area contributed by atoms with E-state index in [0.29, 0.717) is 11.0 Å². The maximum absolute atomic E-state index is 9.31. The normalized spacial score (nSPS) is 11.6. The zero-order valence-electron chi connectivity index (χ0n) is 10.9. The van der Waals surface area contributed by atoms with Crippen LogP contribution < -0.4 is 0 Å². The molecule has 2 rings (SSSR count). The Labute approximate surface area is 125 Å². The van der Waals surface area contributed by atoms with Crippen LogP contribution in [-0.2, 0) is 5.41 Å². The molecule has 2 aromatic rings. The summed E-state index contributed by atoms with van der Waals surface area (Å²) in [5.41, 5.74) is 1.53. The molecule has 0 aliphatic heterocycles. The van der Waals surface area contributed by atoms with Gasteiger partial charge in [-0.1, -0.05) is 32.4 Å². The molecule has 100 valence electrons. The Morgan fingerprint density at radius 2 is 1.68 bits per heavy atom. The Morgan fingerprint density at radius 3 is 2.21 bits per heavy atom. The summed E-state index contributed by atoms with van der Waals surface area (Å²) in [7, 11) is 0. The highest BCUT2D eigenvalue weighted by Crippen LogP contribution is 2.34. The SMILES string of the molecule is CC(C)(C)c1nc(-c2ccc(O)cc2)nc(Cl)c1Br. The van der Waals surface area contributed by atoms with Gasteiger partial charge in [-0.15, -0.1) is 0 Å². The van der Waals surface area contributed by atoms with Crippen LogP contribution in [-0.4, -0.2) is 15.1 Å². The average molecular weight is 342 g/mol. The van der Waals surface area contributed by atoms with Gasteiger partial charge < -0.3 is 5.11 Å². The minimum absolute atomic E-state index is 0.142. The van der Waals surface area contributed by atoms with Gasteiger partial charge in [-0.2, -0.15) is 0 Å². The van der Waals surface area contributed by atoms with E-state index >= 15 is 0 Å². The van der Waals surface area contributed by atoms with Gasteiger partial charge in [0.25, 0.3) is 0 Å². The summed E-state index contributed by atoms with van der Waals surface area (Å²) in [6.07, 6.45) is 0. The number of halogens is 2. The van der Waals surface area contributed by atoms with E-state index in [1.54, 1.807) is 24.3 Å². The van der Waals surface area contributed by atoms with Crippen molar-refractivity contribution in [1.29, 1.82) is 0 Å². The van der Waals surface area contributed by atoms with Crippen molar-refractivity contribution >= 4 is 27.5 Å². The lowest BCUT2D eigenvalue weighted by Gasteiger charge is -2.20. The van der Waals surface area contributed by atoms with Crippen LogP contribution in [0.25, 0.3) is 11.4 Å². The van der Waals surface area contributed by atoms with Gasteiger partial charge in [-0.05, 0) is 40.2 Å². The predicted octanol–water partition coefficient (Wildman–Crippen LogP) is 4.56. The number of aromatic hydroxyl groups is 1. The van der Waals surface area contributed by atoms with E-state index in [4.69, 9.17) is 11.6 Å². The molecular formula is C14H14BrClN2O. The summed E-state index contributed by atoms with van der Waals surface area (Å²) < 4.78 is 0.726. The first-order valence-electron chi connectivity index (χ1n) is 5.82. The molecule has 5 heteroatoms. The first kappa shape index (κ1) is 14.3. The third-order valence-electron chi connectivity index (χ3n) is 2.65. The van der Waals surface area contributed by atoms with Gasteiger partial charge >= 0.3 is 0 Å². The molecule has 0 aliphatic rings. The van der Waals surface area contributed by atoms with Gasteiger partial charge in [0, 0.05) is 11.0 Å². The molecule has 0 bridgehead atoms. The molecule has 0 saturated heterocycles. The third kappa shape index (κ3) is 3.07. The van der Waals surface area contributed by atoms with E-state index in [1.807, 2.05) is 0 Å². The fraction of sp³-hybridized carbons (Fsp3) is 0.286. The number of benzene rings is 1. The lowest BCUT2D eigenvalue weighted by atomic mass is 9.92. The van der Waals surface area contributed by atoms with Gasteiger partial charge in [-0.25, -0.2) is 9.97 Å². The van der Waals surface area contributed by atoms with Crippen LogP contribution >= 0.6 is 27.5 Å². The number of hydrogen-bond donors (Lipinski definition) is 1. The highest BCUT2D eigenvalue weighted by molar-refractivity contribution is 9.10. The van der Waals surface area contributed by atoms with Crippen molar-refractivity contribution in [2.24, 2.45) is 0 Å². The second kappa shape index (κ2) is 5.10. The van der Waals surface area contributed by atoms with Gasteiger partial charge in [0.05, 0.1) is 10.2 Å². The van der Waals surface area contributed by atoms with Crippen LogP contribution in [0.2, 0.25) is 5.15 Å². The van der Waals surface area contributed by atoms with Crippen LogP contribution in [0.15, 0.2) is 28.7 Å². The molecule has 1 heterocycles. The second-order valence-corrected chi connectivity index (χ2v) is 6.45. The minimum atomic E-state index is -0.142. The Kier molecular flexibility index (Phi) is 3.83. The number of hydrogen-bond acceptors (Lipinski definition) is 3. The average Bonchev–Trinajstić information content (AvgIpc) is 2.32. The number of phenols is 1. The molecule has 0 radical (unpaired) electrons. The first-order valence-corrected chi connectivity index (χ1v) is 6.99. The molecule has 1 aromatic heterocycles. The molecule has 0 unspecified atom stereocenters. The molecular weight excluding hydrogens is 328 g/mol. The van der Waals surface area contributed by atoms with Crippen LogP contribution in [0, 0.1) is 0 Å². The van der Waals surface area contributed by atoms with Crippen LogP contribution in [0.1, 0.15) is 26.5 Å². The Hall–Kier alpha value is -1.13. The number of rotatable bonds is 1. The van der Waals surface area contributed by atoms with E-state index in [0.717, 1.165) is 15.7 Å². The van der Waals surface area contributed by atoms with Crippen LogP contribution in [0.4, 0.5) is 0 Å². The van der Waals surface area contributed by atoms with Crippen molar-refractivity contribution in [2.45, 2.75) is 26.2 Å². The fourth-order valence-electron chi connectivity index (χ4n) is 1.66. The smallest absolute Gasteiger partial charge is 0.161 e. The Bertz CT molecular complexity index is 606. The molecule has 0 spiro atoms. The van der Waals surface area contributed by atoms with Crippen molar-refractivity contribution in [3.8, 4) is 17.1 Å². The van der Waals surface area contributed by atoms with Gasteiger partial charge in [0.15, 0.2) is 5.82 Å². The van der Waals surface area contributed by atoms with E-state index in [9.17, 15) is 5.11 Å². The molecule has 19 heavy (non-hydrogen) atoms. The summed E-state index contributed by atoms with van der Waals surface area (Å²) in [4.78, 5) is 8.85. The molecule has 0 amide bonds. The summed E-state index contributed by atoms with van der Waals surface area (Å²) in [5.74, 6) is 0.765. The molecule has 0 fully saturated rings. The third-order valence-corrected chi connectivity index (χ3v) is 3.90. The molecule has 0 atom stereocenters. The minimum Gasteiger partial charge on any atom is -0.508 e. The van der Waals surface area contributed by atoms with E-state index in [1.165, 1.54) is 0 Å². The molecule has 0 aliphatic carbocycles. The highest BCUT2D eigenvalue weighted by Gasteiger charge is 2.22. The van der Waals surface area contributed by atoms with Crippen molar-refractivity contribution < 1.29 is 5.11 Å². The largest absolute Gasteiger partial charge is 0.508 e. The number of nitrogens with zero attached hydrogens (tertiary/aromatic N) is 2. The van der Waals surface area contributed by atoms with Crippen molar-refractivity contribution in [3.05, 3.63) is 39.6 Å². The predicted molar refractivity (Wildman–Crippen MR) is 80.5 cm³/mol. The highest BCUT2D eigenvalue weighted by atomic mass is 79.9. The van der Waals surface area contributed by atoms with Crippen LogP contribution in [0.5, 0.6) is 5.75 Å². The maximum Gasteiger partial charge on any atom is 0.161 e. The summed E-state index contributed by atoms with van der Waals surface area (Å²) in [6.45, 7) is 6.20. The quantitative estimate of drug-likeness (QED) is 0.773. The Balaban J connectivity index is 2.60.